The molecule has 0 radical (unpaired) electrons. The zero-order valence-electron chi connectivity index (χ0n) is 9.32. The van der Waals surface area contributed by atoms with Gasteiger partial charge in [0.05, 0.1) is 12.2 Å². The Morgan fingerprint density at radius 2 is 2.53 bits per heavy atom. The van der Waals surface area contributed by atoms with Crippen molar-refractivity contribution < 1.29 is 9.15 Å². The van der Waals surface area contributed by atoms with Crippen molar-refractivity contribution in [3.63, 3.8) is 0 Å². The van der Waals surface area contributed by atoms with Crippen LogP contribution in [0.25, 0.3) is 0 Å². The maximum Gasteiger partial charge on any atom is 0.194 e. The summed E-state index contributed by atoms with van der Waals surface area (Å²) >= 11 is 0. The fourth-order valence-electron chi connectivity index (χ4n) is 1.75. The van der Waals surface area contributed by atoms with Gasteiger partial charge < -0.3 is 14.5 Å². The largest absolute Gasteiger partial charge is 0.444 e. The Bertz CT molecular complexity index is 305. The molecule has 0 aromatic carbocycles. The molecule has 1 aliphatic heterocycles. The molecule has 1 aromatic heterocycles. The van der Waals surface area contributed by atoms with Gasteiger partial charge in [-0.3, -0.25) is 0 Å². The lowest BCUT2D eigenvalue weighted by molar-refractivity contribution is 0.184. The minimum absolute atomic E-state index is 0.228. The number of nitrogens with one attached hydrogen (secondary N) is 1. The number of nitrogens with zero attached hydrogens (tertiary/aromatic N) is 1. The van der Waals surface area contributed by atoms with Crippen molar-refractivity contribution in [3.8, 4) is 0 Å². The second-order valence-electron chi connectivity index (χ2n) is 4.10. The molecule has 1 aliphatic rings. The molecule has 2 unspecified atom stereocenters. The fraction of sp³-hybridized carbons (Fsp3) is 0.727. The van der Waals surface area contributed by atoms with Gasteiger partial charge in [0.1, 0.15) is 5.76 Å². The maximum atomic E-state index is 5.67. The molecule has 1 saturated heterocycles. The first-order chi connectivity index (χ1) is 7.29. The lowest BCUT2D eigenvalue weighted by Gasteiger charge is -2.05. The molecule has 1 fully saturated rings. The number of hydrogen-bond acceptors (Lipinski definition) is 4. The Morgan fingerprint density at radius 3 is 3.20 bits per heavy atom. The second-order valence-corrected chi connectivity index (χ2v) is 4.10. The summed E-state index contributed by atoms with van der Waals surface area (Å²) in [6.07, 6.45) is 3.84. The van der Waals surface area contributed by atoms with Gasteiger partial charge in [0.25, 0.3) is 0 Å². The molecule has 0 amide bonds. The molecule has 15 heavy (non-hydrogen) atoms. The average Bonchev–Trinajstić information content (AvgIpc) is 2.88. The van der Waals surface area contributed by atoms with Gasteiger partial charge in [-0.05, 0) is 26.3 Å². The molecule has 1 N–H and O–H groups in total. The van der Waals surface area contributed by atoms with Crippen molar-refractivity contribution in [2.75, 3.05) is 20.3 Å². The topological polar surface area (TPSA) is 47.3 Å². The molecular weight excluding hydrogens is 192 g/mol. The van der Waals surface area contributed by atoms with E-state index in [4.69, 9.17) is 9.15 Å². The van der Waals surface area contributed by atoms with Crippen molar-refractivity contribution in [2.45, 2.75) is 25.8 Å². The van der Waals surface area contributed by atoms with Crippen LogP contribution in [0.3, 0.4) is 0 Å². The van der Waals surface area contributed by atoms with E-state index >= 15 is 0 Å². The normalized spacial score (nSPS) is 23.2. The summed E-state index contributed by atoms with van der Waals surface area (Å²) in [4.78, 5) is 4.29. The van der Waals surface area contributed by atoms with Crippen LogP contribution in [0.5, 0.6) is 0 Å². The highest BCUT2D eigenvalue weighted by Crippen LogP contribution is 2.20. The molecule has 4 nitrogen and oxygen atoms in total. The van der Waals surface area contributed by atoms with Crippen LogP contribution in [0.15, 0.2) is 10.6 Å². The van der Waals surface area contributed by atoms with Crippen molar-refractivity contribution in [2.24, 2.45) is 5.92 Å². The third-order valence-corrected chi connectivity index (χ3v) is 2.92. The molecule has 2 rings (SSSR count). The summed E-state index contributed by atoms with van der Waals surface area (Å²) in [7, 11) is 1.91. The molecule has 84 valence electrons. The maximum absolute atomic E-state index is 5.67. The molecule has 0 aliphatic carbocycles. The first-order valence-electron chi connectivity index (χ1n) is 5.49. The van der Waals surface area contributed by atoms with Gasteiger partial charge in [0.15, 0.2) is 5.89 Å². The molecule has 2 heterocycles. The fourth-order valence-corrected chi connectivity index (χ4v) is 1.75. The quantitative estimate of drug-likeness (QED) is 0.818. The SMILES string of the molecule is CNC(C)c1cnc(CC2CCOC2)o1. The summed E-state index contributed by atoms with van der Waals surface area (Å²) in [5.41, 5.74) is 0. The van der Waals surface area contributed by atoms with Crippen LogP contribution in [0.2, 0.25) is 0 Å². The van der Waals surface area contributed by atoms with Crippen LogP contribution in [0, 0.1) is 5.92 Å². The Hall–Kier alpha value is -0.870. The van der Waals surface area contributed by atoms with Gasteiger partial charge in [-0.1, -0.05) is 0 Å². The number of rotatable bonds is 4. The highest BCUT2D eigenvalue weighted by molar-refractivity contribution is 5.00. The number of hydrogen-bond donors (Lipinski definition) is 1. The van der Waals surface area contributed by atoms with E-state index in [1.807, 2.05) is 13.2 Å². The first-order valence-corrected chi connectivity index (χ1v) is 5.49. The molecule has 0 saturated carbocycles. The average molecular weight is 210 g/mol. The Morgan fingerprint density at radius 1 is 1.67 bits per heavy atom. The second kappa shape index (κ2) is 4.77. The van der Waals surface area contributed by atoms with Gasteiger partial charge in [-0.15, -0.1) is 0 Å². The smallest absolute Gasteiger partial charge is 0.194 e. The summed E-state index contributed by atoms with van der Waals surface area (Å²) in [5.74, 6) is 2.33. The number of oxazole rings is 1. The van der Waals surface area contributed by atoms with Gasteiger partial charge >= 0.3 is 0 Å². The summed E-state index contributed by atoms with van der Waals surface area (Å²) < 4.78 is 11.0. The predicted molar refractivity (Wildman–Crippen MR) is 56.6 cm³/mol. The third-order valence-electron chi connectivity index (χ3n) is 2.92. The van der Waals surface area contributed by atoms with Crippen LogP contribution in [-0.2, 0) is 11.2 Å². The number of aromatic nitrogens is 1. The Labute approximate surface area is 90.0 Å². The molecular formula is C11H18N2O2. The molecule has 1 aromatic rings. The third kappa shape index (κ3) is 2.58. The molecule has 0 bridgehead atoms. The lowest BCUT2D eigenvalue weighted by Crippen LogP contribution is -2.11. The summed E-state index contributed by atoms with van der Waals surface area (Å²) in [6.45, 7) is 3.79. The first kappa shape index (κ1) is 10.6. The monoisotopic (exact) mass is 210 g/mol. The van der Waals surface area contributed by atoms with E-state index < -0.39 is 0 Å². The van der Waals surface area contributed by atoms with E-state index in [2.05, 4.69) is 17.2 Å². The zero-order chi connectivity index (χ0) is 10.7. The van der Waals surface area contributed by atoms with E-state index in [9.17, 15) is 0 Å². The van der Waals surface area contributed by atoms with E-state index in [1.165, 1.54) is 0 Å². The van der Waals surface area contributed by atoms with E-state index in [-0.39, 0.29) is 6.04 Å². The van der Waals surface area contributed by atoms with Crippen molar-refractivity contribution >= 4 is 0 Å². The zero-order valence-corrected chi connectivity index (χ0v) is 9.32. The highest BCUT2D eigenvalue weighted by Gasteiger charge is 2.19. The summed E-state index contributed by atoms with van der Waals surface area (Å²) in [5, 5.41) is 3.13. The molecule has 4 heteroatoms. The van der Waals surface area contributed by atoms with Crippen LogP contribution < -0.4 is 5.32 Å². The van der Waals surface area contributed by atoms with Gasteiger partial charge in [-0.2, -0.15) is 0 Å². The number of ether oxygens (including phenoxy) is 1. The predicted octanol–water partition coefficient (Wildman–Crippen LogP) is 1.53. The van der Waals surface area contributed by atoms with Gasteiger partial charge in [0, 0.05) is 19.6 Å². The standard InChI is InChI=1S/C11H18N2O2/c1-8(12-2)10-6-13-11(15-10)5-9-3-4-14-7-9/h6,8-9,12H,3-5,7H2,1-2H3. The van der Waals surface area contributed by atoms with Crippen molar-refractivity contribution in [3.05, 3.63) is 17.8 Å². The Kier molecular flexibility index (Phi) is 3.38. The minimum atomic E-state index is 0.228. The summed E-state index contributed by atoms with van der Waals surface area (Å²) in [6, 6.07) is 0.228. The van der Waals surface area contributed by atoms with Crippen LogP contribution in [0.1, 0.15) is 31.0 Å². The van der Waals surface area contributed by atoms with Crippen molar-refractivity contribution in [1.29, 1.82) is 0 Å². The van der Waals surface area contributed by atoms with E-state index in [0.717, 1.165) is 37.7 Å². The highest BCUT2D eigenvalue weighted by atomic mass is 16.5. The molecule has 0 spiro atoms. The van der Waals surface area contributed by atoms with Gasteiger partial charge in [0.2, 0.25) is 0 Å². The van der Waals surface area contributed by atoms with Gasteiger partial charge in [-0.25, -0.2) is 4.98 Å². The van der Waals surface area contributed by atoms with E-state index in [0.29, 0.717) is 5.92 Å². The van der Waals surface area contributed by atoms with Crippen LogP contribution in [-0.4, -0.2) is 25.2 Å². The minimum Gasteiger partial charge on any atom is -0.444 e. The molecule has 2 atom stereocenters. The van der Waals surface area contributed by atoms with Crippen molar-refractivity contribution in [1.82, 2.24) is 10.3 Å². The van der Waals surface area contributed by atoms with Crippen LogP contribution in [0.4, 0.5) is 0 Å². The lowest BCUT2D eigenvalue weighted by atomic mass is 10.1. The van der Waals surface area contributed by atoms with E-state index in [1.54, 1.807) is 0 Å². The van der Waals surface area contributed by atoms with Crippen LogP contribution >= 0.6 is 0 Å². The Balaban J connectivity index is 1.94.